The first kappa shape index (κ1) is 20.2. The molecule has 0 N–H and O–H groups in total. The van der Waals surface area contributed by atoms with Gasteiger partial charge < -0.3 is 4.74 Å². The van der Waals surface area contributed by atoms with Crippen molar-refractivity contribution >= 4 is 23.6 Å². The van der Waals surface area contributed by atoms with E-state index in [-0.39, 0.29) is 12.2 Å². The van der Waals surface area contributed by atoms with E-state index in [0.29, 0.717) is 22.3 Å². The van der Waals surface area contributed by atoms with Crippen molar-refractivity contribution in [2.75, 3.05) is 6.61 Å². The van der Waals surface area contributed by atoms with E-state index in [9.17, 15) is 19.2 Å². The summed E-state index contributed by atoms with van der Waals surface area (Å²) >= 11 is 0. The topological polar surface area (TPSA) is 80.8 Å². The summed E-state index contributed by atoms with van der Waals surface area (Å²) in [4.78, 5) is 51.8. The lowest BCUT2D eigenvalue weighted by molar-refractivity contribution is -0.143. The minimum absolute atomic E-state index is 0.252. The SMILES string of the molecule is O=C(CC(c1ccccc1)N1C(=O)c2ccccc2C1=O)OCC(=O)c1ccccc1. The second-order valence-corrected chi connectivity index (χ2v) is 7.11. The summed E-state index contributed by atoms with van der Waals surface area (Å²) in [5.74, 6) is -1.91. The standard InChI is InChI=1S/C25H19NO5/c27-22(18-11-5-2-6-12-18)16-31-23(28)15-21(17-9-3-1-4-10-17)26-24(29)19-13-7-8-14-20(19)25(26)30/h1-14,21H,15-16H2. The fourth-order valence-corrected chi connectivity index (χ4v) is 3.59. The number of ether oxygens (including phenoxy) is 1. The molecule has 3 aromatic rings. The maximum atomic E-state index is 13.0. The zero-order valence-electron chi connectivity index (χ0n) is 16.6. The Morgan fingerprint density at radius 3 is 1.84 bits per heavy atom. The molecule has 31 heavy (non-hydrogen) atoms. The number of carbonyl (C=O) groups excluding carboxylic acids is 4. The molecule has 0 saturated carbocycles. The van der Waals surface area contributed by atoms with Crippen LogP contribution >= 0.6 is 0 Å². The molecule has 0 spiro atoms. The Balaban J connectivity index is 1.53. The highest BCUT2D eigenvalue weighted by Crippen LogP contribution is 2.33. The predicted octanol–water partition coefficient (Wildman–Crippen LogP) is 3.84. The Hall–Kier alpha value is -4.06. The average molecular weight is 413 g/mol. The van der Waals surface area contributed by atoms with Gasteiger partial charge in [0.15, 0.2) is 12.4 Å². The monoisotopic (exact) mass is 413 g/mol. The molecule has 0 saturated heterocycles. The molecule has 3 aromatic carbocycles. The number of Topliss-reactive ketones (excluding diaryl/α,β-unsaturated/α-hetero) is 1. The molecule has 4 rings (SSSR count). The highest BCUT2D eigenvalue weighted by Gasteiger charge is 2.41. The van der Waals surface area contributed by atoms with Crippen molar-refractivity contribution in [1.29, 1.82) is 0 Å². The van der Waals surface area contributed by atoms with Gasteiger partial charge in [0, 0.05) is 5.56 Å². The Morgan fingerprint density at radius 2 is 1.26 bits per heavy atom. The maximum absolute atomic E-state index is 13.0. The van der Waals surface area contributed by atoms with Crippen LogP contribution in [0.15, 0.2) is 84.9 Å². The van der Waals surface area contributed by atoms with Gasteiger partial charge in [-0.25, -0.2) is 0 Å². The summed E-state index contributed by atoms with van der Waals surface area (Å²) in [7, 11) is 0. The van der Waals surface area contributed by atoms with Crippen molar-refractivity contribution in [3.05, 3.63) is 107 Å². The van der Waals surface area contributed by atoms with Gasteiger partial charge in [-0.2, -0.15) is 0 Å². The van der Waals surface area contributed by atoms with Crippen LogP contribution in [0, 0.1) is 0 Å². The molecular weight excluding hydrogens is 394 g/mol. The van der Waals surface area contributed by atoms with Gasteiger partial charge in [-0.15, -0.1) is 0 Å². The highest BCUT2D eigenvalue weighted by molar-refractivity contribution is 6.21. The molecule has 0 aliphatic carbocycles. The molecule has 1 heterocycles. The number of amides is 2. The molecule has 1 atom stereocenters. The third kappa shape index (κ3) is 4.14. The van der Waals surface area contributed by atoms with Crippen LogP contribution < -0.4 is 0 Å². The van der Waals surface area contributed by atoms with Crippen LogP contribution in [-0.4, -0.2) is 35.1 Å². The number of imide groups is 1. The van der Waals surface area contributed by atoms with Crippen LogP contribution in [0.1, 0.15) is 49.1 Å². The number of esters is 1. The van der Waals surface area contributed by atoms with Crippen molar-refractivity contribution < 1.29 is 23.9 Å². The predicted molar refractivity (Wildman–Crippen MR) is 112 cm³/mol. The van der Waals surface area contributed by atoms with Gasteiger partial charge in [0.05, 0.1) is 23.6 Å². The van der Waals surface area contributed by atoms with E-state index in [4.69, 9.17) is 4.74 Å². The lowest BCUT2D eigenvalue weighted by atomic mass is 10.0. The Morgan fingerprint density at radius 1 is 0.742 bits per heavy atom. The number of nitrogens with zero attached hydrogens (tertiary/aromatic N) is 1. The van der Waals surface area contributed by atoms with E-state index in [1.807, 2.05) is 0 Å². The van der Waals surface area contributed by atoms with Crippen LogP contribution in [0.4, 0.5) is 0 Å². The fraction of sp³-hybridized carbons (Fsp3) is 0.120. The summed E-state index contributed by atoms with van der Waals surface area (Å²) in [6.45, 7) is -0.410. The zero-order chi connectivity index (χ0) is 21.8. The number of rotatable bonds is 7. The molecule has 154 valence electrons. The molecule has 1 aliphatic rings. The first-order valence-electron chi connectivity index (χ1n) is 9.82. The van der Waals surface area contributed by atoms with Crippen LogP contribution in [0.25, 0.3) is 0 Å². The molecule has 0 aromatic heterocycles. The number of fused-ring (bicyclic) bond motifs is 1. The first-order chi connectivity index (χ1) is 15.1. The van der Waals surface area contributed by atoms with E-state index in [2.05, 4.69) is 0 Å². The second-order valence-electron chi connectivity index (χ2n) is 7.11. The molecule has 1 aliphatic heterocycles. The van der Waals surface area contributed by atoms with Gasteiger partial charge in [0.25, 0.3) is 11.8 Å². The van der Waals surface area contributed by atoms with E-state index in [1.165, 1.54) is 0 Å². The second kappa shape index (κ2) is 8.75. The Bertz CT molecular complexity index is 1110. The third-order valence-electron chi connectivity index (χ3n) is 5.14. The van der Waals surface area contributed by atoms with Crippen LogP contribution in [0.3, 0.4) is 0 Å². The largest absolute Gasteiger partial charge is 0.457 e. The quantitative estimate of drug-likeness (QED) is 0.334. The minimum Gasteiger partial charge on any atom is -0.457 e. The average Bonchev–Trinajstić information content (AvgIpc) is 3.07. The van der Waals surface area contributed by atoms with Gasteiger partial charge in [0.1, 0.15) is 0 Å². The van der Waals surface area contributed by atoms with E-state index >= 15 is 0 Å². The molecule has 0 fully saturated rings. The van der Waals surface area contributed by atoms with Gasteiger partial charge in [-0.1, -0.05) is 72.8 Å². The molecule has 1 unspecified atom stereocenters. The van der Waals surface area contributed by atoms with Gasteiger partial charge >= 0.3 is 5.97 Å². The van der Waals surface area contributed by atoms with Crippen molar-refractivity contribution in [3.8, 4) is 0 Å². The molecule has 2 amide bonds. The fourth-order valence-electron chi connectivity index (χ4n) is 3.59. The van der Waals surface area contributed by atoms with E-state index in [0.717, 1.165) is 4.90 Å². The van der Waals surface area contributed by atoms with Gasteiger partial charge in [-0.05, 0) is 17.7 Å². The lowest BCUT2D eigenvalue weighted by Gasteiger charge is -2.26. The zero-order valence-corrected chi connectivity index (χ0v) is 16.6. The summed E-state index contributed by atoms with van der Waals surface area (Å²) < 4.78 is 5.18. The van der Waals surface area contributed by atoms with E-state index in [1.54, 1.807) is 84.9 Å². The summed E-state index contributed by atoms with van der Waals surface area (Å²) in [5.41, 5.74) is 1.68. The normalized spacial score (nSPS) is 13.6. The number of benzene rings is 3. The Kier molecular flexibility index (Phi) is 5.71. The number of hydrogen-bond donors (Lipinski definition) is 0. The van der Waals surface area contributed by atoms with Crippen LogP contribution in [0.5, 0.6) is 0 Å². The molecule has 0 bridgehead atoms. The summed E-state index contributed by atoms with van der Waals surface area (Å²) in [6, 6.07) is 23.1. The number of hydrogen-bond acceptors (Lipinski definition) is 5. The maximum Gasteiger partial charge on any atom is 0.308 e. The van der Waals surface area contributed by atoms with Crippen molar-refractivity contribution in [1.82, 2.24) is 4.90 Å². The van der Waals surface area contributed by atoms with Crippen molar-refractivity contribution in [3.63, 3.8) is 0 Å². The smallest absolute Gasteiger partial charge is 0.308 e. The van der Waals surface area contributed by atoms with E-state index < -0.39 is 30.4 Å². The summed E-state index contributed by atoms with van der Waals surface area (Å²) in [6.07, 6.45) is -0.252. The van der Waals surface area contributed by atoms with Crippen LogP contribution in [-0.2, 0) is 9.53 Å². The molecule has 6 nitrogen and oxygen atoms in total. The van der Waals surface area contributed by atoms with Crippen LogP contribution in [0.2, 0.25) is 0 Å². The van der Waals surface area contributed by atoms with Crippen molar-refractivity contribution in [2.24, 2.45) is 0 Å². The highest BCUT2D eigenvalue weighted by atomic mass is 16.5. The third-order valence-corrected chi connectivity index (χ3v) is 5.14. The molecule has 0 radical (unpaired) electrons. The van der Waals surface area contributed by atoms with Gasteiger partial charge in [-0.3, -0.25) is 24.1 Å². The van der Waals surface area contributed by atoms with Crippen molar-refractivity contribution in [2.45, 2.75) is 12.5 Å². The summed E-state index contributed by atoms with van der Waals surface area (Å²) in [5, 5.41) is 0. The number of ketones is 1. The first-order valence-corrected chi connectivity index (χ1v) is 9.82. The lowest BCUT2D eigenvalue weighted by Crippen LogP contribution is -2.35. The minimum atomic E-state index is -0.840. The number of carbonyl (C=O) groups is 4. The Labute approximate surface area is 179 Å². The molecule has 6 heteroatoms. The molecular formula is C25H19NO5. The van der Waals surface area contributed by atoms with Gasteiger partial charge in [0.2, 0.25) is 0 Å².